The fourth-order valence-electron chi connectivity index (χ4n) is 9.78. The molecule has 5 aliphatic carbocycles. The van der Waals surface area contributed by atoms with Crippen molar-refractivity contribution in [2.45, 2.75) is 97.6 Å². The highest BCUT2D eigenvalue weighted by molar-refractivity contribution is 6.06. The molecule has 0 spiro atoms. The van der Waals surface area contributed by atoms with Gasteiger partial charge in [0.1, 0.15) is 11.7 Å². The van der Waals surface area contributed by atoms with E-state index >= 15 is 0 Å². The number of amides is 1. The second-order valence-electron chi connectivity index (χ2n) is 14.5. The molecule has 5 rings (SSSR count). The Labute approximate surface area is 226 Å². The van der Waals surface area contributed by atoms with Gasteiger partial charge in [0.25, 0.3) is 0 Å². The molecule has 3 saturated carbocycles. The van der Waals surface area contributed by atoms with Crippen molar-refractivity contribution in [3.8, 4) is 6.07 Å². The Morgan fingerprint density at radius 3 is 2.37 bits per heavy atom. The van der Waals surface area contributed by atoms with Gasteiger partial charge >= 0.3 is 6.09 Å². The highest BCUT2D eigenvalue weighted by atomic mass is 16.5. The molecule has 7 heteroatoms. The third-order valence-corrected chi connectivity index (χ3v) is 12.1. The second-order valence-corrected chi connectivity index (χ2v) is 14.5. The zero-order valence-electron chi connectivity index (χ0n) is 23.9. The number of hydrogen-bond donors (Lipinski definition) is 2. The number of methoxy groups -OCH3 is 1. The average molecular weight is 523 g/mol. The van der Waals surface area contributed by atoms with Crippen LogP contribution in [0, 0.1) is 50.7 Å². The number of carbonyl (C=O) groups excluding carboxylic acids is 3. The molecule has 0 radical (unpaired) electrons. The average Bonchev–Trinajstić information content (AvgIpc) is 2.83. The van der Waals surface area contributed by atoms with E-state index < -0.39 is 34.3 Å². The van der Waals surface area contributed by atoms with E-state index in [0.717, 1.165) is 44.1 Å². The van der Waals surface area contributed by atoms with Crippen molar-refractivity contribution in [2.24, 2.45) is 39.4 Å². The van der Waals surface area contributed by atoms with Crippen LogP contribution in [-0.4, -0.2) is 41.0 Å². The third-order valence-electron chi connectivity index (χ3n) is 12.1. The molecule has 7 nitrogen and oxygen atoms in total. The van der Waals surface area contributed by atoms with E-state index in [4.69, 9.17) is 4.74 Å². The van der Waals surface area contributed by atoms with Crippen molar-refractivity contribution >= 4 is 17.7 Å². The minimum atomic E-state index is -1.67. The highest BCUT2D eigenvalue weighted by Gasteiger charge is 2.70. The number of nitrogens with zero attached hydrogens (tertiary/aromatic N) is 1. The molecule has 0 aromatic heterocycles. The van der Waals surface area contributed by atoms with Crippen LogP contribution in [-0.2, 0) is 14.3 Å². The highest BCUT2D eigenvalue weighted by Crippen LogP contribution is 2.72. The number of ether oxygens (including phenoxy) is 1. The van der Waals surface area contributed by atoms with Gasteiger partial charge in [0.2, 0.25) is 5.78 Å². The van der Waals surface area contributed by atoms with Crippen LogP contribution < -0.4 is 5.32 Å². The van der Waals surface area contributed by atoms with Crippen molar-refractivity contribution < 1.29 is 24.2 Å². The van der Waals surface area contributed by atoms with Crippen LogP contribution in [0.2, 0.25) is 0 Å². The van der Waals surface area contributed by atoms with Gasteiger partial charge in [0.15, 0.2) is 5.78 Å². The van der Waals surface area contributed by atoms with Gasteiger partial charge in [-0.15, -0.1) is 0 Å². The molecule has 0 aromatic carbocycles. The fourth-order valence-corrected chi connectivity index (χ4v) is 9.78. The van der Waals surface area contributed by atoms with Crippen molar-refractivity contribution in [1.82, 2.24) is 5.32 Å². The second kappa shape index (κ2) is 8.03. The third kappa shape index (κ3) is 3.31. The number of carbonyl (C=O) groups is 3. The Bertz CT molecular complexity index is 1220. The molecule has 0 saturated heterocycles. The first-order valence-corrected chi connectivity index (χ1v) is 14.0. The van der Waals surface area contributed by atoms with Crippen LogP contribution in [0.1, 0.15) is 86.5 Å². The maximum atomic E-state index is 14.4. The summed E-state index contributed by atoms with van der Waals surface area (Å²) in [6.07, 6.45) is 8.59. The number of nitrogens with one attached hydrogen (secondary N) is 1. The van der Waals surface area contributed by atoms with Crippen LogP contribution >= 0.6 is 0 Å². The maximum Gasteiger partial charge on any atom is 0.407 e. The van der Waals surface area contributed by atoms with Crippen molar-refractivity contribution in [3.63, 3.8) is 0 Å². The minimum absolute atomic E-state index is 0.0296. The summed E-state index contributed by atoms with van der Waals surface area (Å²) < 4.78 is 5.03. The Hall–Kier alpha value is -2.46. The number of rotatable bonds is 1. The molecule has 1 unspecified atom stereocenters. The number of alkyl carbamates (subject to hydrolysis) is 1. The number of ketones is 2. The lowest BCUT2D eigenvalue weighted by atomic mass is 9.35. The van der Waals surface area contributed by atoms with E-state index in [9.17, 15) is 24.8 Å². The summed E-state index contributed by atoms with van der Waals surface area (Å²) >= 11 is 0. The molecule has 8 atom stereocenters. The summed E-state index contributed by atoms with van der Waals surface area (Å²) in [5.74, 6) is -1.18. The zero-order valence-corrected chi connectivity index (χ0v) is 23.9. The van der Waals surface area contributed by atoms with Crippen LogP contribution in [0.5, 0.6) is 0 Å². The van der Waals surface area contributed by atoms with E-state index in [1.807, 2.05) is 13.0 Å². The van der Waals surface area contributed by atoms with Crippen molar-refractivity contribution in [1.29, 1.82) is 5.26 Å². The molecule has 38 heavy (non-hydrogen) atoms. The molecule has 5 aliphatic rings. The number of fused-ring (bicyclic) bond motifs is 7. The molecular weight excluding hydrogens is 480 g/mol. The molecule has 0 bridgehead atoms. The lowest BCUT2D eigenvalue weighted by molar-refractivity contribution is -0.166. The number of hydrogen-bond acceptors (Lipinski definition) is 6. The van der Waals surface area contributed by atoms with Gasteiger partial charge in [0, 0.05) is 22.8 Å². The van der Waals surface area contributed by atoms with E-state index in [-0.39, 0.29) is 39.4 Å². The van der Waals surface area contributed by atoms with Gasteiger partial charge in [-0.1, -0.05) is 46.3 Å². The zero-order chi connectivity index (χ0) is 28.1. The summed E-state index contributed by atoms with van der Waals surface area (Å²) in [7, 11) is 1.38. The number of Topliss-reactive ketones (excluding diaryl/α,β-unsaturated/α-hetero) is 1. The van der Waals surface area contributed by atoms with Crippen molar-refractivity contribution in [2.75, 3.05) is 7.11 Å². The van der Waals surface area contributed by atoms with Gasteiger partial charge < -0.3 is 15.2 Å². The summed E-state index contributed by atoms with van der Waals surface area (Å²) in [5, 5.41) is 24.4. The Morgan fingerprint density at radius 1 is 1.08 bits per heavy atom. The normalized spacial score (nSPS) is 47.2. The molecule has 3 fully saturated rings. The van der Waals surface area contributed by atoms with Crippen molar-refractivity contribution in [3.05, 3.63) is 23.3 Å². The lowest BCUT2D eigenvalue weighted by Crippen LogP contribution is -2.70. The van der Waals surface area contributed by atoms with Gasteiger partial charge in [0.05, 0.1) is 12.7 Å². The first-order valence-electron chi connectivity index (χ1n) is 14.0. The van der Waals surface area contributed by atoms with Gasteiger partial charge in [-0.05, 0) is 80.1 Å². The molecular formula is C31H42N2O5. The maximum absolute atomic E-state index is 14.4. The summed E-state index contributed by atoms with van der Waals surface area (Å²) in [6, 6.07) is 2.01. The largest absolute Gasteiger partial charge is 0.453 e. The number of nitriles is 1. The smallest absolute Gasteiger partial charge is 0.407 e. The Morgan fingerprint density at radius 2 is 1.74 bits per heavy atom. The monoisotopic (exact) mass is 522 g/mol. The van der Waals surface area contributed by atoms with Gasteiger partial charge in [-0.2, -0.15) is 5.26 Å². The summed E-state index contributed by atoms with van der Waals surface area (Å²) in [4.78, 5) is 39.9. The first-order chi connectivity index (χ1) is 17.5. The van der Waals surface area contributed by atoms with E-state index in [1.165, 1.54) is 14.0 Å². The van der Waals surface area contributed by atoms with E-state index in [2.05, 4.69) is 33.0 Å². The molecule has 0 aliphatic heterocycles. The lowest BCUT2D eigenvalue weighted by Gasteiger charge is -2.69. The SMILES string of the molecule is COC(=O)N[C@]12CCC(C)(C)C[C@H]1[C@H]1C(=O)C=C3[C@@]4(C)C=C(C#N)C(=O)[C@@](C)(O)C4CC[C@@]3(C)[C@]1(C)CC2. The Balaban J connectivity index is 1.68. The van der Waals surface area contributed by atoms with Crippen LogP contribution in [0.4, 0.5) is 4.79 Å². The van der Waals surface area contributed by atoms with E-state index in [0.29, 0.717) is 6.42 Å². The minimum Gasteiger partial charge on any atom is -0.453 e. The number of allylic oxidation sites excluding steroid dienone is 3. The van der Waals surface area contributed by atoms with Crippen LogP contribution in [0.25, 0.3) is 0 Å². The van der Waals surface area contributed by atoms with E-state index in [1.54, 1.807) is 12.2 Å². The fraction of sp³-hybridized carbons (Fsp3) is 0.742. The summed E-state index contributed by atoms with van der Waals surface area (Å²) in [6.45, 7) is 12.5. The topological polar surface area (TPSA) is 116 Å². The van der Waals surface area contributed by atoms with Gasteiger partial charge in [-0.3, -0.25) is 9.59 Å². The van der Waals surface area contributed by atoms with Gasteiger partial charge in [-0.25, -0.2) is 4.79 Å². The standard InChI is InChI=1S/C31H42N2O5/c1-26(2)10-12-31(33-25(36)38-7)13-11-29(5)23(19(31)16-26)20(34)14-22-27(3)15-18(17-32)24(35)30(6,37)21(27)8-9-28(22,29)4/h14-15,19,21,23,37H,8-13,16H2,1-7H3,(H,33,36)/t19-,21?,23-,27-,28+,29+,30-,31-/m0/s1. The predicted octanol–water partition coefficient (Wildman–Crippen LogP) is 5.04. The predicted molar refractivity (Wildman–Crippen MR) is 142 cm³/mol. The Kier molecular flexibility index (Phi) is 5.73. The van der Waals surface area contributed by atoms with Crippen LogP contribution in [0.3, 0.4) is 0 Å². The first kappa shape index (κ1) is 27.1. The molecule has 0 aromatic rings. The van der Waals surface area contributed by atoms with Crippen LogP contribution in [0.15, 0.2) is 23.3 Å². The summed E-state index contributed by atoms with van der Waals surface area (Å²) in [5.41, 5.74) is -2.74. The molecule has 2 N–H and O–H groups in total. The quantitative estimate of drug-likeness (QED) is 0.498. The molecule has 1 amide bonds. The number of aliphatic hydroxyl groups is 1. The molecule has 0 heterocycles. The molecule has 206 valence electrons.